The van der Waals surface area contributed by atoms with Crippen molar-refractivity contribution in [1.82, 2.24) is 10.6 Å². The number of ether oxygens (including phenoxy) is 1. The van der Waals surface area contributed by atoms with Crippen molar-refractivity contribution in [2.75, 3.05) is 19.8 Å². The molecule has 0 bridgehead atoms. The van der Waals surface area contributed by atoms with Crippen LogP contribution in [-0.4, -0.2) is 31.6 Å². The average molecular weight is 535 g/mol. The predicted molar refractivity (Wildman–Crippen MR) is 135 cm³/mol. The van der Waals surface area contributed by atoms with E-state index in [9.17, 15) is 22.8 Å². The third-order valence-corrected chi connectivity index (χ3v) is 5.56. The highest BCUT2D eigenvalue weighted by atomic mass is 35.5. The van der Waals surface area contributed by atoms with Gasteiger partial charge in [-0.2, -0.15) is 13.2 Å². The van der Waals surface area contributed by atoms with Crippen molar-refractivity contribution in [2.24, 2.45) is 0 Å². The van der Waals surface area contributed by atoms with E-state index in [4.69, 9.17) is 20.8 Å². The fourth-order valence-electron chi connectivity index (χ4n) is 3.28. The number of halogens is 4. The summed E-state index contributed by atoms with van der Waals surface area (Å²) in [6.07, 6.45) is -2.69. The topological polar surface area (TPSA) is 80.6 Å². The Morgan fingerprint density at radius 2 is 1.81 bits per heavy atom. The Hall–Kier alpha value is -3.56. The summed E-state index contributed by atoms with van der Waals surface area (Å²) in [5.74, 6) is -0.869. The maximum atomic E-state index is 13.2. The first-order chi connectivity index (χ1) is 17.6. The average Bonchev–Trinajstić information content (AvgIpc) is 3.31. The number of aryl methyl sites for hydroxylation is 1. The van der Waals surface area contributed by atoms with Gasteiger partial charge in [-0.1, -0.05) is 29.3 Å². The Balaban J connectivity index is 1.87. The number of hydrogen-bond acceptors (Lipinski definition) is 4. The lowest BCUT2D eigenvalue weighted by Crippen LogP contribution is -2.35. The maximum Gasteiger partial charge on any atom is 0.416 e. The van der Waals surface area contributed by atoms with E-state index < -0.39 is 23.6 Å². The molecule has 1 heterocycles. The molecule has 0 saturated heterocycles. The van der Waals surface area contributed by atoms with Gasteiger partial charge in [-0.3, -0.25) is 9.59 Å². The zero-order chi connectivity index (χ0) is 27.0. The highest BCUT2D eigenvalue weighted by molar-refractivity contribution is 6.33. The van der Waals surface area contributed by atoms with E-state index in [1.807, 2.05) is 13.8 Å². The largest absolute Gasteiger partial charge is 0.457 e. The number of hydrogen-bond donors (Lipinski definition) is 2. The molecule has 10 heteroatoms. The van der Waals surface area contributed by atoms with Crippen LogP contribution in [0.25, 0.3) is 17.4 Å². The summed E-state index contributed by atoms with van der Waals surface area (Å²) >= 11 is 6.11. The minimum Gasteiger partial charge on any atom is -0.457 e. The van der Waals surface area contributed by atoms with Crippen LogP contribution in [0.15, 0.2) is 64.7 Å². The third kappa shape index (κ3) is 7.96. The zero-order valence-electron chi connectivity index (χ0n) is 20.2. The molecule has 0 aliphatic carbocycles. The second-order valence-electron chi connectivity index (χ2n) is 8.08. The van der Waals surface area contributed by atoms with Crippen LogP contribution in [0.5, 0.6) is 0 Å². The van der Waals surface area contributed by atoms with E-state index in [0.29, 0.717) is 31.7 Å². The molecule has 0 unspecified atom stereocenters. The second kappa shape index (κ2) is 12.6. The fourth-order valence-corrected chi connectivity index (χ4v) is 3.49. The molecule has 2 aromatic carbocycles. The Kier molecular flexibility index (Phi) is 9.54. The van der Waals surface area contributed by atoms with E-state index in [1.54, 1.807) is 24.3 Å². The lowest BCUT2D eigenvalue weighted by Gasteiger charge is -2.11. The summed E-state index contributed by atoms with van der Waals surface area (Å²) in [5, 5.41) is 5.36. The highest BCUT2D eigenvalue weighted by Gasteiger charge is 2.31. The molecule has 37 heavy (non-hydrogen) atoms. The predicted octanol–water partition coefficient (Wildman–Crippen LogP) is 6.24. The molecular formula is C27H26ClF3N2O4. The van der Waals surface area contributed by atoms with Gasteiger partial charge in [0.15, 0.2) is 0 Å². The lowest BCUT2D eigenvalue weighted by molar-refractivity contribution is -0.137. The van der Waals surface area contributed by atoms with Crippen molar-refractivity contribution in [1.29, 1.82) is 0 Å². The summed E-state index contributed by atoms with van der Waals surface area (Å²) in [6, 6.07) is 12.6. The van der Waals surface area contributed by atoms with Crippen LogP contribution >= 0.6 is 11.6 Å². The van der Waals surface area contributed by atoms with Crippen molar-refractivity contribution >= 4 is 29.5 Å². The van der Waals surface area contributed by atoms with Crippen LogP contribution in [0.2, 0.25) is 5.02 Å². The first-order valence-electron chi connectivity index (χ1n) is 11.5. The molecule has 2 N–H and O–H groups in total. The van der Waals surface area contributed by atoms with Crippen LogP contribution in [0.4, 0.5) is 13.2 Å². The maximum absolute atomic E-state index is 13.2. The fraction of sp³-hybridized carbons (Fsp3) is 0.259. The van der Waals surface area contributed by atoms with Gasteiger partial charge in [-0.25, -0.2) is 0 Å². The Labute approximate surface area is 217 Å². The lowest BCUT2D eigenvalue weighted by atomic mass is 10.1. The van der Waals surface area contributed by atoms with Gasteiger partial charge in [0.05, 0.1) is 10.6 Å². The zero-order valence-corrected chi connectivity index (χ0v) is 21.0. The van der Waals surface area contributed by atoms with Gasteiger partial charge in [-0.05, 0) is 62.7 Å². The third-order valence-electron chi connectivity index (χ3n) is 5.23. The van der Waals surface area contributed by atoms with E-state index >= 15 is 0 Å². The monoisotopic (exact) mass is 534 g/mol. The van der Waals surface area contributed by atoms with Gasteiger partial charge < -0.3 is 19.8 Å². The first-order valence-corrected chi connectivity index (χ1v) is 11.9. The number of amides is 2. The van der Waals surface area contributed by atoms with Crippen molar-refractivity contribution < 1.29 is 31.9 Å². The number of alkyl halides is 3. The minimum absolute atomic E-state index is 0.0433. The Bertz CT molecular complexity index is 1270. The Morgan fingerprint density at radius 1 is 1.08 bits per heavy atom. The molecule has 2 amide bonds. The number of benzene rings is 2. The van der Waals surface area contributed by atoms with Gasteiger partial charge in [0.25, 0.3) is 11.8 Å². The van der Waals surface area contributed by atoms with Gasteiger partial charge >= 0.3 is 6.18 Å². The summed E-state index contributed by atoms with van der Waals surface area (Å²) < 4.78 is 50.4. The van der Waals surface area contributed by atoms with E-state index in [-0.39, 0.29) is 27.8 Å². The summed E-state index contributed by atoms with van der Waals surface area (Å²) in [6.45, 7) is 5.07. The summed E-state index contributed by atoms with van der Waals surface area (Å²) in [7, 11) is 0. The van der Waals surface area contributed by atoms with Crippen LogP contribution < -0.4 is 10.6 Å². The molecular weight excluding hydrogens is 509 g/mol. The molecule has 0 atom stereocenters. The molecule has 196 valence electrons. The molecule has 0 aliphatic rings. The quantitative estimate of drug-likeness (QED) is 0.238. The molecule has 0 aliphatic heterocycles. The van der Waals surface area contributed by atoms with Crippen LogP contribution in [0, 0.1) is 6.92 Å². The molecule has 6 nitrogen and oxygen atoms in total. The van der Waals surface area contributed by atoms with Crippen molar-refractivity contribution in [3.63, 3.8) is 0 Å². The second-order valence-corrected chi connectivity index (χ2v) is 8.49. The SMILES string of the molecule is CCOCCCNC(=O)C(=Cc1ccc(-c2cc(C(F)(F)F)ccc2Cl)o1)NC(=O)c1ccc(C)cc1. The molecule has 0 fully saturated rings. The van der Waals surface area contributed by atoms with Crippen molar-refractivity contribution in [3.8, 4) is 11.3 Å². The smallest absolute Gasteiger partial charge is 0.416 e. The Morgan fingerprint density at radius 3 is 2.49 bits per heavy atom. The van der Waals surface area contributed by atoms with Crippen LogP contribution in [0.1, 0.15) is 40.6 Å². The van der Waals surface area contributed by atoms with Gasteiger partial charge in [0.1, 0.15) is 17.2 Å². The van der Waals surface area contributed by atoms with E-state index in [2.05, 4.69) is 10.6 Å². The van der Waals surface area contributed by atoms with E-state index in [1.165, 1.54) is 18.2 Å². The normalized spacial score (nSPS) is 11.9. The van der Waals surface area contributed by atoms with Crippen molar-refractivity contribution in [3.05, 3.63) is 87.8 Å². The highest BCUT2D eigenvalue weighted by Crippen LogP contribution is 2.36. The summed E-state index contributed by atoms with van der Waals surface area (Å²) in [5.41, 5.74) is 0.380. The number of carbonyl (C=O) groups is 2. The van der Waals surface area contributed by atoms with Gasteiger partial charge in [0.2, 0.25) is 0 Å². The van der Waals surface area contributed by atoms with Crippen LogP contribution in [-0.2, 0) is 15.7 Å². The molecule has 0 saturated carbocycles. The molecule has 1 aromatic heterocycles. The van der Waals surface area contributed by atoms with Crippen LogP contribution in [0.3, 0.4) is 0 Å². The van der Waals surface area contributed by atoms with Gasteiger partial charge in [-0.15, -0.1) is 0 Å². The number of nitrogens with one attached hydrogen (secondary N) is 2. The van der Waals surface area contributed by atoms with Crippen molar-refractivity contribution in [2.45, 2.75) is 26.4 Å². The molecule has 3 aromatic rings. The minimum atomic E-state index is -4.55. The number of rotatable bonds is 10. The molecule has 0 spiro atoms. The number of furan rings is 1. The first kappa shape index (κ1) is 28.0. The van der Waals surface area contributed by atoms with Gasteiger partial charge in [0, 0.05) is 37.0 Å². The standard InChI is InChI=1S/C27H26ClF3N2O4/c1-3-36-14-4-13-32-26(35)23(33-25(34)18-7-5-17(2)6-8-18)16-20-10-12-24(37-20)21-15-19(27(29,30)31)9-11-22(21)28/h5-12,15-16H,3-4,13-14H2,1-2H3,(H,32,35)(H,33,34). The molecule has 3 rings (SSSR count). The summed E-state index contributed by atoms with van der Waals surface area (Å²) in [4.78, 5) is 25.6. The molecule has 0 radical (unpaired) electrons. The number of carbonyl (C=O) groups excluding carboxylic acids is 2. The van der Waals surface area contributed by atoms with E-state index in [0.717, 1.165) is 23.8 Å².